The number of amides is 2. The van der Waals surface area contributed by atoms with E-state index in [1.54, 1.807) is 30.0 Å². The summed E-state index contributed by atoms with van der Waals surface area (Å²) in [7, 11) is 0. The minimum Gasteiger partial charge on any atom is -0.494 e. The molecule has 0 saturated carbocycles. The number of carbonyl (C=O) groups is 2. The van der Waals surface area contributed by atoms with Gasteiger partial charge in [0.05, 0.1) is 25.3 Å². The third-order valence-electron chi connectivity index (χ3n) is 4.78. The molecule has 30 heavy (non-hydrogen) atoms. The van der Waals surface area contributed by atoms with Crippen molar-refractivity contribution in [2.24, 2.45) is 0 Å². The molecule has 0 fully saturated rings. The molecule has 0 saturated heterocycles. The second-order valence-electron chi connectivity index (χ2n) is 6.87. The first-order valence-electron chi connectivity index (χ1n) is 10.1. The van der Waals surface area contributed by atoms with Gasteiger partial charge in [0.25, 0.3) is 5.91 Å². The molecule has 158 valence electrons. The average Bonchev–Trinajstić information content (AvgIpc) is 3.10. The van der Waals surface area contributed by atoms with Crippen LogP contribution >= 0.6 is 11.3 Å². The Hall–Kier alpha value is -3.05. The van der Waals surface area contributed by atoms with Crippen LogP contribution in [0.15, 0.2) is 24.3 Å². The Kier molecular flexibility index (Phi) is 7.31. The molecule has 0 aliphatic carbocycles. The Morgan fingerprint density at radius 2 is 2.17 bits per heavy atom. The summed E-state index contributed by atoms with van der Waals surface area (Å²) < 4.78 is 10.7. The van der Waals surface area contributed by atoms with Crippen molar-refractivity contribution in [2.45, 2.75) is 39.7 Å². The molecule has 0 atom stereocenters. The van der Waals surface area contributed by atoms with Gasteiger partial charge < -0.3 is 19.7 Å². The van der Waals surface area contributed by atoms with Crippen LogP contribution in [0.5, 0.6) is 5.75 Å². The van der Waals surface area contributed by atoms with Crippen LogP contribution in [0.2, 0.25) is 0 Å². The highest BCUT2D eigenvalue weighted by atomic mass is 32.1. The van der Waals surface area contributed by atoms with Crippen LogP contribution in [-0.2, 0) is 17.7 Å². The molecule has 8 heteroatoms. The van der Waals surface area contributed by atoms with Gasteiger partial charge in [-0.2, -0.15) is 5.26 Å². The number of rotatable bonds is 7. The fourth-order valence-electron chi connectivity index (χ4n) is 3.22. The molecule has 1 N–H and O–H groups in total. The maximum atomic E-state index is 12.8. The zero-order valence-corrected chi connectivity index (χ0v) is 18.0. The highest BCUT2D eigenvalue weighted by Gasteiger charge is 2.28. The quantitative estimate of drug-likeness (QED) is 0.654. The van der Waals surface area contributed by atoms with E-state index in [4.69, 9.17) is 9.47 Å². The number of fused-ring (bicyclic) bond motifs is 1. The van der Waals surface area contributed by atoms with Gasteiger partial charge >= 0.3 is 6.09 Å². The van der Waals surface area contributed by atoms with Crippen molar-refractivity contribution in [1.82, 2.24) is 4.90 Å². The van der Waals surface area contributed by atoms with Crippen LogP contribution in [0.4, 0.5) is 9.80 Å². The number of nitriles is 1. The first-order valence-corrected chi connectivity index (χ1v) is 10.9. The molecule has 0 unspecified atom stereocenters. The Morgan fingerprint density at radius 1 is 1.33 bits per heavy atom. The van der Waals surface area contributed by atoms with Gasteiger partial charge in [-0.25, -0.2) is 4.79 Å². The molecular formula is C22H25N3O4S. The Morgan fingerprint density at radius 3 is 2.90 bits per heavy atom. The van der Waals surface area contributed by atoms with Crippen LogP contribution in [0.1, 0.15) is 53.1 Å². The van der Waals surface area contributed by atoms with Crippen molar-refractivity contribution in [2.75, 3.05) is 25.1 Å². The van der Waals surface area contributed by atoms with Crippen LogP contribution in [0.3, 0.4) is 0 Å². The summed E-state index contributed by atoms with van der Waals surface area (Å²) in [5.74, 6) is 0.348. The maximum absolute atomic E-state index is 12.8. The second-order valence-corrected chi connectivity index (χ2v) is 7.98. The average molecular weight is 428 g/mol. The third kappa shape index (κ3) is 4.92. The number of hydrogen-bond acceptors (Lipinski definition) is 6. The van der Waals surface area contributed by atoms with E-state index in [-0.39, 0.29) is 12.0 Å². The first-order chi connectivity index (χ1) is 14.6. The Balaban J connectivity index is 1.75. The lowest BCUT2D eigenvalue weighted by Gasteiger charge is -2.25. The molecular weight excluding hydrogens is 402 g/mol. The summed E-state index contributed by atoms with van der Waals surface area (Å²) in [5, 5.41) is 13.0. The molecule has 7 nitrogen and oxygen atoms in total. The number of unbranched alkanes of at least 4 members (excludes halogenated alkanes) is 1. The van der Waals surface area contributed by atoms with Crippen molar-refractivity contribution < 1.29 is 19.1 Å². The van der Waals surface area contributed by atoms with Crippen molar-refractivity contribution >= 4 is 28.3 Å². The molecule has 2 aromatic rings. The summed E-state index contributed by atoms with van der Waals surface area (Å²) in [6.45, 7) is 5.65. The highest BCUT2D eigenvalue weighted by Crippen LogP contribution is 2.37. The van der Waals surface area contributed by atoms with Gasteiger partial charge in [0, 0.05) is 17.0 Å². The van der Waals surface area contributed by atoms with Gasteiger partial charge in [0.2, 0.25) is 0 Å². The number of carbonyl (C=O) groups excluding carboxylic acids is 2. The molecule has 0 spiro atoms. The molecule has 1 aliphatic rings. The van der Waals surface area contributed by atoms with E-state index in [1.807, 2.05) is 6.07 Å². The lowest BCUT2D eigenvalue weighted by Crippen LogP contribution is -2.35. The van der Waals surface area contributed by atoms with Gasteiger partial charge in [0.1, 0.15) is 16.8 Å². The van der Waals surface area contributed by atoms with E-state index in [0.717, 1.165) is 23.3 Å². The molecule has 3 rings (SSSR count). The van der Waals surface area contributed by atoms with Gasteiger partial charge in [0.15, 0.2) is 0 Å². The molecule has 1 aromatic carbocycles. The number of anilines is 1. The van der Waals surface area contributed by atoms with E-state index in [0.29, 0.717) is 54.6 Å². The molecule has 1 aromatic heterocycles. The molecule has 2 heterocycles. The fourth-order valence-corrected chi connectivity index (χ4v) is 4.43. The standard InChI is InChI=1S/C22H25N3O4S/c1-3-5-11-29-16-8-6-7-15(12-16)20(26)24-21-18(13-23)17-9-10-25(14-19(17)30-21)22(27)28-4-2/h6-8,12H,3-5,9-11,14H2,1-2H3,(H,24,26). The van der Waals surface area contributed by atoms with E-state index < -0.39 is 0 Å². The number of hydrogen-bond donors (Lipinski definition) is 1. The summed E-state index contributed by atoms with van der Waals surface area (Å²) >= 11 is 1.33. The predicted octanol–water partition coefficient (Wildman–Crippen LogP) is 4.57. The number of nitrogens with one attached hydrogen (secondary N) is 1. The minimum atomic E-state index is -0.361. The molecule has 2 amide bonds. The highest BCUT2D eigenvalue weighted by molar-refractivity contribution is 7.16. The first kappa shape index (κ1) is 21.7. The Bertz CT molecular complexity index is 964. The van der Waals surface area contributed by atoms with Crippen LogP contribution in [-0.4, -0.2) is 36.7 Å². The SMILES string of the molecule is CCCCOc1cccc(C(=O)Nc2sc3c(c2C#N)CCN(C(=O)OCC)C3)c1. The number of ether oxygens (including phenoxy) is 2. The third-order valence-corrected chi connectivity index (χ3v) is 5.92. The predicted molar refractivity (Wildman–Crippen MR) is 115 cm³/mol. The van der Waals surface area contributed by atoms with Crippen LogP contribution in [0.25, 0.3) is 0 Å². The van der Waals surface area contributed by atoms with E-state index in [1.165, 1.54) is 11.3 Å². The topological polar surface area (TPSA) is 91.7 Å². The smallest absolute Gasteiger partial charge is 0.410 e. The zero-order valence-electron chi connectivity index (χ0n) is 17.2. The van der Waals surface area contributed by atoms with Crippen molar-refractivity contribution in [1.29, 1.82) is 5.26 Å². The number of nitrogens with zero attached hydrogens (tertiary/aromatic N) is 2. The van der Waals surface area contributed by atoms with Crippen LogP contribution < -0.4 is 10.1 Å². The van der Waals surface area contributed by atoms with E-state index in [9.17, 15) is 14.9 Å². The number of thiophene rings is 1. The summed E-state index contributed by atoms with van der Waals surface area (Å²) in [4.78, 5) is 27.3. The van der Waals surface area contributed by atoms with Gasteiger partial charge in [-0.05, 0) is 43.5 Å². The van der Waals surface area contributed by atoms with Gasteiger partial charge in [-0.1, -0.05) is 19.4 Å². The van der Waals surface area contributed by atoms with Gasteiger partial charge in [-0.3, -0.25) is 4.79 Å². The van der Waals surface area contributed by atoms with Crippen molar-refractivity contribution in [3.63, 3.8) is 0 Å². The van der Waals surface area contributed by atoms with Crippen molar-refractivity contribution in [3.05, 3.63) is 45.8 Å². The van der Waals surface area contributed by atoms with Crippen LogP contribution in [0, 0.1) is 11.3 Å². The summed E-state index contributed by atoms with van der Waals surface area (Å²) in [6, 6.07) is 9.22. The maximum Gasteiger partial charge on any atom is 0.410 e. The normalized spacial score (nSPS) is 12.6. The summed E-state index contributed by atoms with van der Waals surface area (Å²) in [5.41, 5.74) is 1.84. The van der Waals surface area contributed by atoms with Gasteiger partial charge in [-0.15, -0.1) is 11.3 Å². The molecule has 0 bridgehead atoms. The van der Waals surface area contributed by atoms with Crippen molar-refractivity contribution in [3.8, 4) is 11.8 Å². The second kappa shape index (κ2) is 10.1. The number of benzene rings is 1. The minimum absolute atomic E-state index is 0.298. The molecule has 0 radical (unpaired) electrons. The Labute approximate surface area is 180 Å². The largest absolute Gasteiger partial charge is 0.494 e. The summed E-state index contributed by atoms with van der Waals surface area (Å²) in [6.07, 6.45) is 2.18. The lowest BCUT2D eigenvalue weighted by molar-refractivity contribution is 0.102. The fraction of sp³-hybridized carbons (Fsp3) is 0.409. The lowest BCUT2D eigenvalue weighted by atomic mass is 10.0. The van der Waals surface area contributed by atoms with E-state index in [2.05, 4.69) is 18.3 Å². The monoisotopic (exact) mass is 427 g/mol. The van der Waals surface area contributed by atoms with E-state index >= 15 is 0 Å². The molecule has 1 aliphatic heterocycles. The zero-order chi connectivity index (χ0) is 21.5.